The molecular weight excluding hydrogens is 400 g/mol. The van der Waals surface area contributed by atoms with Crippen LogP contribution in [0.1, 0.15) is 5.56 Å². The van der Waals surface area contributed by atoms with Gasteiger partial charge in [0.1, 0.15) is 6.07 Å². The Morgan fingerprint density at radius 3 is 2.75 bits per heavy atom. The van der Waals surface area contributed by atoms with Crippen molar-refractivity contribution in [1.29, 1.82) is 5.26 Å². The average molecular weight is 413 g/mol. The molecule has 0 bridgehead atoms. The number of nitrogens with zero attached hydrogens (tertiary/aromatic N) is 3. The molecule has 0 saturated heterocycles. The molecule has 0 atom stereocenters. The maximum Gasteiger partial charge on any atom is 0.278 e. The predicted molar refractivity (Wildman–Crippen MR) is 108 cm³/mol. The third-order valence-corrected chi connectivity index (χ3v) is 4.78. The molecule has 0 saturated carbocycles. The number of hydrogen-bond donors (Lipinski definition) is 3. The molecule has 2 aromatic carbocycles. The third-order valence-electron chi connectivity index (χ3n) is 3.61. The number of para-hydroxylation sites is 1. The maximum atomic E-state index is 12.3. The number of nitriles is 1. The molecule has 0 aliphatic heterocycles. The van der Waals surface area contributed by atoms with Crippen molar-refractivity contribution in [2.75, 3.05) is 16.8 Å². The maximum absolute atomic E-state index is 12.3. The van der Waals surface area contributed by atoms with Gasteiger partial charge in [-0.25, -0.2) is 0 Å². The second-order valence-electron chi connectivity index (χ2n) is 5.54. The second-order valence-corrected chi connectivity index (χ2v) is 6.91. The van der Waals surface area contributed by atoms with Crippen molar-refractivity contribution in [2.45, 2.75) is 5.16 Å². The summed E-state index contributed by atoms with van der Waals surface area (Å²) in [6.07, 6.45) is 0. The lowest BCUT2D eigenvalue weighted by Gasteiger charge is -2.06. The normalized spacial score (nSPS) is 10.3. The first-order valence-corrected chi connectivity index (χ1v) is 9.28. The van der Waals surface area contributed by atoms with Crippen LogP contribution in [-0.4, -0.2) is 26.8 Å². The van der Waals surface area contributed by atoms with Crippen LogP contribution < -0.4 is 16.6 Å². The lowest BCUT2D eigenvalue weighted by atomic mass is 10.1. The Morgan fingerprint density at radius 1 is 1.29 bits per heavy atom. The van der Waals surface area contributed by atoms with Gasteiger partial charge in [0.2, 0.25) is 5.91 Å². The Kier molecular flexibility index (Phi) is 5.93. The van der Waals surface area contributed by atoms with Crippen LogP contribution in [0, 0.1) is 11.3 Å². The molecule has 3 aromatic rings. The molecule has 3 rings (SSSR count). The van der Waals surface area contributed by atoms with Gasteiger partial charge in [-0.3, -0.25) is 14.6 Å². The molecule has 10 heteroatoms. The predicted octanol–water partition coefficient (Wildman–Crippen LogP) is 2.67. The Balaban J connectivity index is 1.65. The number of nitrogen functional groups attached to an aromatic ring is 1. The first-order chi connectivity index (χ1) is 13.5. The summed E-state index contributed by atoms with van der Waals surface area (Å²) < 4.78 is 0. The number of hydrogen-bond acceptors (Lipinski definition) is 7. The van der Waals surface area contributed by atoms with Crippen molar-refractivity contribution < 1.29 is 4.79 Å². The van der Waals surface area contributed by atoms with Gasteiger partial charge in [-0.05, 0) is 24.3 Å². The molecule has 0 fully saturated rings. The van der Waals surface area contributed by atoms with E-state index in [2.05, 4.69) is 20.5 Å². The summed E-state index contributed by atoms with van der Waals surface area (Å²) in [5.41, 5.74) is 7.21. The van der Waals surface area contributed by atoms with Crippen LogP contribution in [-0.2, 0) is 4.79 Å². The van der Waals surface area contributed by atoms with Gasteiger partial charge in [-0.15, -0.1) is 10.2 Å². The monoisotopic (exact) mass is 412 g/mol. The molecule has 0 unspecified atom stereocenters. The van der Waals surface area contributed by atoms with Gasteiger partial charge in [0.05, 0.1) is 16.3 Å². The summed E-state index contributed by atoms with van der Waals surface area (Å²) in [4.78, 5) is 26.9. The largest absolute Gasteiger partial charge is 0.398 e. The van der Waals surface area contributed by atoms with E-state index in [9.17, 15) is 9.59 Å². The minimum absolute atomic E-state index is 0.00490. The van der Waals surface area contributed by atoms with Crippen LogP contribution in [0.3, 0.4) is 0 Å². The number of anilines is 2. The number of carbonyl (C=O) groups excluding carboxylic acids is 1. The Labute approximate surface area is 168 Å². The number of halogens is 1. The van der Waals surface area contributed by atoms with Crippen molar-refractivity contribution in [2.24, 2.45) is 0 Å². The Bertz CT molecular complexity index is 1140. The van der Waals surface area contributed by atoms with E-state index in [0.29, 0.717) is 22.5 Å². The van der Waals surface area contributed by atoms with Gasteiger partial charge in [-0.2, -0.15) is 5.26 Å². The third kappa shape index (κ3) is 4.49. The Morgan fingerprint density at radius 2 is 2.07 bits per heavy atom. The van der Waals surface area contributed by atoms with E-state index in [1.165, 1.54) is 12.1 Å². The second kappa shape index (κ2) is 8.56. The minimum atomic E-state index is -0.449. The molecule has 0 aliphatic carbocycles. The van der Waals surface area contributed by atoms with E-state index in [1.807, 2.05) is 6.07 Å². The van der Waals surface area contributed by atoms with E-state index in [0.717, 1.165) is 11.8 Å². The van der Waals surface area contributed by atoms with E-state index >= 15 is 0 Å². The van der Waals surface area contributed by atoms with E-state index in [4.69, 9.17) is 22.6 Å². The molecule has 140 valence electrons. The van der Waals surface area contributed by atoms with E-state index in [-0.39, 0.29) is 27.5 Å². The standard InChI is InChI=1S/C18H13ClN6O2S/c19-13-7-11(6-5-10(13)8-20)22-15(26)9-28-18-23-17(27)16(24-25-18)12-3-1-2-4-14(12)21/h1-7H,9,21H2,(H,22,26)(H,23,25,27). The highest BCUT2D eigenvalue weighted by molar-refractivity contribution is 7.99. The highest BCUT2D eigenvalue weighted by Crippen LogP contribution is 2.22. The van der Waals surface area contributed by atoms with E-state index in [1.54, 1.807) is 30.3 Å². The van der Waals surface area contributed by atoms with Gasteiger partial charge >= 0.3 is 0 Å². The first-order valence-electron chi connectivity index (χ1n) is 7.92. The van der Waals surface area contributed by atoms with Crippen molar-refractivity contribution in [3.05, 3.63) is 63.4 Å². The van der Waals surface area contributed by atoms with Crippen molar-refractivity contribution in [3.8, 4) is 17.3 Å². The molecule has 28 heavy (non-hydrogen) atoms. The molecule has 1 aromatic heterocycles. The molecule has 8 nitrogen and oxygen atoms in total. The molecular formula is C18H13ClN6O2S. The SMILES string of the molecule is N#Cc1ccc(NC(=O)CSc2nnc(-c3ccccc3N)c(=O)[nH]2)cc1Cl. The number of benzene rings is 2. The fourth-order valence-electron chi connectivity index (χ4n) is 2.29. The number of rotatable bonds is 5. The first kappa shape index (κ1) is 19.4. The summed E-state index contributed by atoms with van der Waals surface area (Å²) in [5, 5.41) is 19.8. The van der Waals surface area contributed by atoms with Crippen molar-refractivity contribution in [1.82, 2.24) is 15.2 Å². The average Bonchev–Trinajstić information content (AvgIpc) is 2.67. The van der Waals surface area contributed by atoms with Crippen LogP contribution in [0.4, 0.5) is 11.4 Å². The highest BCUT2D eigenvalue weighted by Gasteiger charge is 2.12. The zero-order valence-corrected chi connectivity index (χ0v) is 15.8. The summed E-state index contributed by atoms with van der Waals surface area (Å²) in [6.45, 7) is 0. The quantitative estimate of drug-likeness (QED) is 0.432. The lowest BCUT2D eigenvalue weighted by molar-refractivity contribution is -0.113. The number of aromatic amines is 1. The number of H-pyrrole nitrogens is 1. The molecule has 0 radical (unpaired) electrons. The number of nitrogens with one attached hydrogen (secondary N) is 2. The fourth-order valence-corrected chi connectivity index (χ4v) is 3.12. The number of thioether (sulfide) groups is 1. The zero-order valence-electron chi connectivity index (χ0n) is 14.3. The summed E-state index contributed by atoms with van der Waals surface area (Å²) in [6, 6.07) is 13.4. The molecule has 0 spiro atoms. The van der Waals surface area contributed by atoms with Gasteiger partial charge in [0.15, 0.2) is 10.9 Å². The summed E-state index contributed by atoms with van der Waals surface area (Å²) >= 11 is 6.96. The van der Waals surface area contributed by atoms with Crippen LogP contribution >= 0.6 is 23.4 Å². The van der Waals surface area contributed by atoms with Crippen molar-refractivity contribution in [3.63, 3.8) is 0 Å². The van der Waals surface area contributed by atoms with E-state index < -0.39 is 5.56 Å². The molecule has 1 heterocycles. The fraction of sp³-hybridized carbons (Fsp3) is 0.0556. The van der Waals surface area contributed by atoms with Gasteiger partial charge < -0.3 is 11.1 Å². The van der Waals surface area contributed by atoms with Gasteiger partial charge in [0, 0.05) is 16.9 Å². The summed E-state index contributed by atoms with van der Waals surface area (Å²) in [5.74, 6) is -0.334. The van der Waals surface area contributed by atoms with Crippen LogP contribution in [0.2, 0.25) is 5.02 Å². The highest BCUT2D eigenvalue weighted by atomic mass is 35.5. The molecule has 0 aliphatic rings. The van der Waals surface area contributed by atoms with Gasteiger partial charge in [-0.1, -0.05) is 41.6 Å². The molecule has 1 amide bonds. The van der Waals surface area contributed by atoms with Crippen LogP contribution in [0.15, 0.2) is 52.4 Å². The van der Waals surface area contributed by atoms with Crippen LogP contribution in [0.5, 0.6) is 0 Å². The number of nitrogens with two attached hydrogens (primary N) is 1. The van der Waals surface area contributed by atoms with Crippen LogP contribution in [0.25, 0.3) is 11.3 Å². The number of carbonyl (C=O) groups is 1. The van der Waals surface area contributed by atoms with Crippen molar-refractivity contribution >= 4 is 40.6 Å². The summed E-state index contributed by atoms with van der Waals surface area (Å²) in [7, 11) is 0. The number of aromatic nitrogens is 3. The molecule has 4 N–H and O–H groups in total. The zero-order chi connectivity index (χ0) is 20.1. The minimum Gasteiger partial charge on any atom is -0.398 e. The topological polar surface area (TPSA) is 138 Å². The number of amides is 1. The Hall–Kier alpha value is -3.35. The smallest absolute Gasteiger partial charge is 0.278 e. The lowest BCUT2D eigenvalue weighted by Crippen LogP contribution is -2.17. The van der Waals surface area contributed by atoms with Gasteiger partial charge in [0.25, 0.3) is 5.56 Å².